The van der Waals surface area contributed by atoms with E-state index in [2.05, 4.69) is 25.5 Å². The molecule has 132 valence electrons. The highest BCUT2D eigenvalue weighted by Crippen LogP contribution is 2.23. The van der Waals surface area contributed by atoms with Gasteiger partial charge in [-0.25, -0.2) is 0 Å². The van der Waals surface area contributed by atoms with E-state index in [1.165, 1.54) is 0 Å². The highest BCUT2D eigenvalue weighted by molar-refractivity contribution is 5.43. The first-order valence-corrected chi connectivity index (χ1v) is 8.35. The molecule has 0 aliphatic rings. The number of aryl methyl sites for hydroxylation is 1. The van der Waals surface area contributed by atoms with Gasteiger partial charge in [0.15, 0.2) is 11.5 Å². The van der Waals surface area contributed by atoms with Crippen LogP contribution in [0.5, 0.6) is 0 Å². The fourth-order valence-electron chi connectivity index (χ4n) is 2.89. The van der Waals surface area contributed by atoms with Crippen molar-refractivity contribution >= 4 is 11.5 Å². The first-order valence-electron chi connectivity index (χ1n) is 8.35. The van der Waals surface area contributed by atoms with Gasteiger partial charge in [-0.05, 0) is 38.7 Å². The van der Waals surface area contributed by atoms with E-state index in [1.807, 2.05) is 63.5 Å². The number of nitrogens with one attached hydrogen (secondary N) is 1. The summed E-state index contributed by atoms with van der Waals surface area (Å²) in [5.41, 5.74) is 1.64. The van der Waals surface area contributed by atoms with E-state index in [0.29, 0.717) is 6.54 Å². The summed E-state index contributed by atoms with van der Waals surface area (Å²) in [6, 6.07) is 13.5. The SMILES string of the molecule is Cc1nnc2ccc(NC[C@H](CN(C)C)[C@H](O)c3ccccc3)nn12. The van der Waals surface area contributed by atoms with Crippen LogP contribution in [0.25, 0.3) is 5.65 Å². The molecule has 0 radical (unpaired) electrons. The Morgan fingerprint density at radius 1 is 1.12 bits per heavy atom. The number of benzene rings is 1. The van der Waals surface area contributed by atoms with Crippen LogP contribution in [0.3, 0.4) is 0 Å². The third kappa shape index (κ3) is 4.12. The monoisotopic (exact) mass is 340 g/mol. The number of nitrogens with zero attached hydrogens (tertiary/aromatic N) is 5. The van der Waals surface area contributed by atoms with Gasteiger partial charge in [-0.3, -0.25) is 0 Å². The van der Waals surface area contributed by atoms with Gasteiger partial charge in [-0.1, -0.05) is 30.3 Å². The minimum absolute atomic E-state index is 0.0249. The van der Waals surface area contributed by atoms with Crippen molar-refractivity contribution in [2.45, 2.75) is 13.0 Å². The average Bonchev–Trinajstić information content (AvgIpc) is 2.99. The summed E-state index contributed by atoms with van der Waals surface area (Å²) in [6.45, 7) is 3.23. The predicted octanol–water partition coefficient (Wildman–Crippen LogP) is 1.76. The highest BCUT2D eigenvalue weighted by Gasteiger charge is 2.21. The van der Waals surface area contributed by atoms with Crippen molar-refractivity contribution in [1.29, 1.82) is 0 Å². The fourth-order valence-corrected chi connectivity index (χ4v) is 2.89. The number of fused-ring (bicyclic) bond motifs is 1. The van der Waals surface area contributed by atoms with E-state index in [0.717, 1.165) is 29.4 Å². The molecule has 0 spiro atoms. The van der Waals surface area contributed by atoms with E-state index in [-0.39, 0.29) is 5.92 Å². The topological polar surface area (TPSA) is 78.6 Å². The van der Waals surface area contributed by atoms with E-state index >= 15 is 0 Å². The average molecular weight is 340 g/mol. The molecule has 25 heavy (non-hydrogen) atoms. The molecule has 3 aromatic rings. The van der Waals surface area contributed by atoms with Crippen LogP contribution in [0, 0.1) is 12.8 Å². The Labute approximate surface area is 147 Å². The van der Waals surface area contributed by atoms with Crippen molar-refractivity contribution in [3.63, 3.8) is 0 Å². The fraction of sp³-hybridized carbons (Fsp3) is 0.389. The minimum atomic E-state index is -0.545. The van der Waals surface area contributed by atoms with Crippen molar-refractivity contribution in [2.24, 2.45) is 5.92 Å². The second-order valence-electron chi connectivity index (χ2n) is 6.49. The zero-order chi connectivity index (χ0) is 17.8. The first-order chi connectivity index (χ1) is 12.0. The quantitative estimate of drug-likeness (QED) is 0.682. The minimum Gasteiger partial charge on any atom is -0.388 e. The smallest absolute Gasteiger partial charge is 0.178 e. The third-order valence-corrected chi connectivity index (χ3v) is 4.15. The van der Waals surface area contributed by atoms with Crippen LogP contribution >= 0.6 is 0 Å². The Morgan fingerprint density at radius 2 is 1.88 bits per heavy atom. The van der Waals surface area contributed by atoms with Gasteiger partial charge in [-0.15, -0.1) is 15.3 Å². The lowest BCUT2D eigenvalue weighted by Gasteiger charge is -2.26. The molecule has 7 heteroatoms. The van der Waals surface area contributed by atoms with Gasteiger partial charge in [0.25, 0.3) is 0 Å². The van der Waals surface area contributed by atoms with Crippen LogP contribution in [-0.2, 0) is 0 Å². The zero-order valence-corrected chi connectivity index (χ0v) is 14.8. The standard InChI is InChI=1S/C18H24N6O/c1-13-20-21-17-10-9-16(22-24(13)17)19-11-15(12-23(2)3)18(25)14-7-5-4-6-8-14/h4-10,15,18,25H,11-12H2,1-3H3,(H,19,22)/t15-,18-/m1/s1. The van der Waals surface area contributed by atoms with Gasteiger partial charge >= 0.3 is 0 Å². The maximum Gasteiger partial charge on any atom is 0.178 e. The normalized spacial score (nSPS) is 14.0. The number of aliphatic hydroxyl groups is 1. The summed E-state index contributed by atoms with van der Waals surface area (Å²) >= 11 is 0. The van der Waals surface area contributed by atoms with E-state index < -0.39 is 6.10 Å². The number of anilines is 1. The summed E-state index contributed by atoms with van der Waals surface area (Å²) in [5, 5.41) is 26.7. The summed E-state index contributed by atoms with van der Waals surface area (Å²) in [7, 11) is 4.02. The molecule has 0 saturated heterocycles. The van der Waals surface area contributed by atoms with Gasteiger partial charge in [0.1, 0.15) is 5.82 Å². The Kier molecular flexibility index (Phi) is 5.25. The summed E-state index contributed by atoms with van der Waals surface area (Å²) in [5.74, 6) is 1.50. The largest absolute Gasteiger partial charge is 0.388 e. The molecule has 0 fully saturated rings. The number of aromatic nitrogens is 4. The molecule has 2 N–H and O–H groups in total. The highest BCUT2D eigenvalue weighted by atomic mass is 16.3. The van der Waals surface area contributed by atoms with Crippen LogP contribution in [0.2, 0.25) is 0 Å². The molecule has 0 unspecified atom stereocenters. The molecule has 2 heterocycles. The van der Waals surface area contributed by atoms with Crippen LogP contribution in [-0.4, -0.2) is 57.0 Å². The van der Waals surface area contributed by atoms with Gasteiger partial charge in [0.2, 0.25) is 0 Å². The lowest BCUT2D eigenvalue weighted by molar-refractivity contribution is 0.0969. The molecule has 0 aliphatic heterocycles. The lowest BCUT2D eigenvalue weighted by Crippen LogP contribution is -2.32. The van der Waals surface area contributed by atoms with Crippen LogP contribution in [0.1, 0.15) is 17.5 Å². The van der Waals surface area contributed by atoms with Crippen LogP contribution in [0.15, 0.2) is 42.5 Å². The van der Waals surface area contributed by atoms with Gasteiger partial charge < -0.3 is 15.3 Å². The number of hydrogen-bond acceptors (Lipinski definition) is 6. The molecule has 0 bridgehead atoms. The third-order valence-electron chi connectivity index (χ3n) is 4.15. The predicted molar refractivity (Wildman–Crippen MR) is 97.5 cm³/mol. The van der Waals surface area contributed by atoms with Crippen molar-refractivity contribution in [3.05, 3.63) is 53.9 Å². The van der Waals surface area contributed by atoms with Crippen molar-refractivity contribution in [2.75, 3.05) is 32.5 Å². The molecule has 2 aromatic heterocycles. The summed E-state index contributed by atoms with van der Waals surface area (Å²) < 4.78 is 1.71. The second-order valence-corrected chi connectivity index (χ2v) is 6.49. The molecule has 0 amide bonds. The molecule has 2 atom stereocenters. The van der Waals surface area contributed by atoms with E-state index in [1.54, 1.807) is 4.52 Å². The summed E-state index contributed by atoms with van der Waals surface area (Å²) in [4.78, 5) is 2.08. The lowest BCUT2D eigenvalue weighted by atomic mass is 9.95. The molecular formula is C18H24N6O. The number of hydrogen-bond donors (Lipinski definition) is 2. The summed E-state index contributed by atoms with van der Waals surface area (Å²) in [6.07, 6.45) is -0.545. The van der Waals surface area contributed by atoms with Crippen molar-refractivity contribution < 1.29 is 5.11 Å². The Hall–Kier alpha value is -2.51. The van der Waals surface area contributed by atoms with Crippen LogP contribution in [0.4, 0.5) is 5.82 Å². The molecule has 1 aromatic carbocycles. The molecule has 3 rings (SSSR count). The van der Waals surface area contributed by atoms with Gasteiger partial charge in [0, 0.05) is 19.0 Å². The molecule has 0 saturated carbocycles. The second kappa shape index (κ2) is 7.58. The number of aliphatic hydroxyl groups excluding tert-OH is 1. The van der Waals surface area contributed by atoms with Crippen molar-refractivity contribution in [1.82, 2.24) is 24.7 Å². The zero-order valence-electron chi connectivity index (χ0n) is 14.8. The Bertz CT molecular complexity index is 817. The molecular weight excluding hydrogens is 316 g/mol. The number of rotatable bonds is 7. The maximum absolute atomic E-state index is 10.8. The van der Waals surface area contributed by atoms with Crippen LogP contribution < -0.4 is 5.32 Å². The Balaban J connectivity index is 1.74. The van der Waals surface area contributed by atoms with Crippen molar-refractivity contribution in [3.8, 4) is 0 Å². The van der Waals surface area contributed by atoms with E-state index in [9.17, 15) is 5.11 Å². The van der Waals surface area contributed by atoms with Gasteiger partial charge in [-0.2, -0.15) is 4.52 Å². The van der Waals surface area contributed by atoms with E-state index in [4.69, 9.17) is 0 Å². The molecule has 7 nitrogen and oxygen atoms in total. The Morgan fingerprint density at radius 3 is 2.60 bits per heavy atom. The molecule has 0 aliphatic carbocycles. The first kappa shape index (κ1) is 17.3. The maximum atomic E-state index is 10.8. The van der Waals surface area contributed by atoms with Gasteiger partial charge in [0.05, 0.1) is 6.10 Å².